The van der Waals surface area contributed by atoms with Crippen LogP contribution in [0.4, 0.5) is 5.69 Å². The number of aryl methyl sites for hydroxylation is 1. The van der Waals surface area contributed by atoms with Crippen LogP contribution in [0.3, 0.4) is 0 Å². The van der Waals surface area contributed by atoms with E-state index in [1.54, 1.807) is 5.56 Å². The topological polar surface area (TPSA) is 6.48 Å². The van der Waals surface area contributed by atoms with E-state index in [9.17, 15) is 0 Å². The quantitative estimate of drug-likeness (QED) is 0.668. The van der Waals surface area contributed by atoms with Crippen LogP contribution < -0.4 is 4.90 Å². The molecule has 0 N–H and O–H groups in total. The van der Waals surface area contributed by atoms with Gasteiger partial charge < -0.3 is 4.90 Å². The van der Waals surface area contributed by atoms with E-state index < -0.39 is 0 Å². The minimum absolute atomic E-state index is 0.439. The molecule has 1 saturated carbocycles. The molecule has 1 aliphatic heterocycles. The molecule has 0 aromatic heterocycles. The number of hydrogen-bond acceptors (Lipinski definition) is 2. The molecule has 1 aromatic carbocycles. The van der Waals surface area contributed by atoms with Gasteiger partial charge in [-0.25, -0.2) is 0 Å². The van der Waals surface area contributed by atoms with Gasteiger partial charge in [-0.3, -0.25) is 4.90 Å². The molecule has 1 aliphatic carbocycles. The first-order valence-corrected chi connectivity index (χ1v) is 10.8. The van der Waals surface area contributed by atoms with E-state index in [2.05, 4.69) is 69.5 Å². The molecule has 0 atom stereocenters. The summed E-state index contributed by atoms with van der Waals surface area (Å²) < 4.78 is 0. The first-order chi connectivity index (χ1) is 12.2. The molecule has 0 bridgehead atoms. The van der Waals surface area contributed by atoms with Crippen LogP contribution in [0.25, 0.3) is 0 Å². The van der Waals surface area contributed by atoms with Gasteiger partial charge in [0.2, 0.25) is 0 Å². The summed E-state index contributed by atoms with van der Waals surface area (Å²) in [5.74, 6) is 0.693. The van der Waals surface area contributed by atoms with E-state index in [0.717, 1.165) is 0 Å². The Labute approximate surface area is 162 Å². The molecular formula is C24H40N2. The highest BCUT2D eigenvalue weighted by atomic mass is 15.3. The molecular weight excluding hydrogens is 316 g/mol. The molecule has 1 aromatic rings. The lowest BCUT2D eigenvalue weighted by atomic mass is 9.60. The normalized spacial score (nSPS) is 24.0. The Hall–Kier alpha value is -1.02. The molecule has 2 nitrogen and oxygen atoms in total. The summed E-state index contributed by atoms with van der Waals surface area (Å²) in [5, 5.41) is 0. The second-order valence-electron chi connectivity index (χ2n) is 10.5. The number of hydrogen-bond donors (Lipinski definition) is 0. The highest BCUT2D eigenvalue weighted by Gasteiger charge is 2.39. The van der Waals surface area contributed by atoms with Gasteiger partial charge in [0.15, 0.2) is 0 Å². The van der Waals surface area contributed by atoms with Crippen molar-refractivity contribution in [1.29, 1.82) is 0 Å². The van der Waals surface area contributed by atoms with Crippen LogP contribution in [0.1, 0.15) is 77.3 Å². The van der Waals surface area contributed by atoms with Crippen molar-refractivity contribution in [2.45, 2.75) is 73.1 Å². The van der Waals surface area contributed by atoms with Gasteiger partial charge in [0.05, 0.1) is 0 Å². The number of rotatable bonds is 4. The van der Waals surface area contributed by atoms with E-state index in [4.69, 9.17) is 0 Å². The Morgan fingerprint density at radius 3 is 2.15 bits per heavy atom. The third kappa shape index (κ3) is 4.63. The van der Waals surface area contributed by atoms with Crippen molar-refractivity contribution in [2.75, 3.05) is 37.6 Å². The fourth-order valence-corrected chi connectivity index (χ4v) is 5.87. The van der Waals surface area contributed by atoms with Gasteiger partial charge in [-0.05, 0) is 73.1 Å². The average molecular weight is 357 g/mol. The van der Waals surface area contributed by atoms with E-state index >= 15 is 0 Å². The molecule has 0 amide bonds. The summed E-state index contributed by atoms with van der Waals surface area (Å²) in [7, 11) is 0. The van der Waals surface area contributed by atoms with Crippen molar-refractivity contribution in [3.05, 3.63) is 29.3 Å². The number of piperazine rings is 1. The summed E-state index contributed by atoms with van der Waals surface area (Å²) >= 11 is 0. The maximum absolute atomic E-state index is 2.67. The Morgan fingerprint density at radius 1 is 0.962 bits per heavy atom. The van der Waals surface area contributed by atoms with Gasteiger partial charge >= 0.3 is 0 Å². The standard InChI is InChI=1S/C24H40N2/c1-7-10-25-11-13-26(14-12-25)22-15-19(2)8-9-21(22)20-16-23(3,4)18-24(5,6)17-20/h8-9,15,20H,7,10-14,16-18H2,1-6H3. The van der Waals surface area contributed by atoms with Crippen LogP contribution in [0.5, 0.6) is 0 Å². The third-order valence-corrected chi connectivity index (χ3v) is 6.43. The summed E-state index contributed by atoms with van der Waals surface area (Å²) in [6, 6.07) is 7.24. The van der Waals surface area contributed by atoms with Crippen LogP contribution in [0, 0.1) is 17.8 Å². The molecule has 1 saturated heterocycles. The molecule has 0 spiro atoms. The van der Waals surface area contributed by atoms with Gasteiger partial charge in [-0.1, -0.05) is 46.8 Å². The molecule has 0 unspecified atom stereocenters. The molecule has 0 radical (unpaired) electrons. The Balaban J connectivity index is 1.85. The van der Waals surface area contributed by atoms with Gasteiger partial charge in [0, 0.05) is 31.9 Å². The van der Waals surface area contributed by atoms with Crippen molar-refractivity contribution in [3.8, 4) is 0 Å². The van der Waals surface area contributed by atoms with Crippen LogP contribution in [-0.2, 0) is 0 Å². The summed E-state index contributed by atoms with van der Waals surface area (Å²) in [4.78, 5) is 5.29. The monoisotopic (exact) mass is 356 g/mol. The first kappa shape index (κ1) is 19.7. The predicted octanol–water partition coefficient (Wildman–Crippen LogP) is 5.85. The fraction of sp³-hybridized carbons (Fsp3) is 0.750. The molecule has 146 valence electrons. The lowest BCUT2D eigenvalue weighted by molar-refractivity contribution is 0.0970. The van der Waals surface area contributed by atoms with Gasteiger partial charge in [0.25, 0.3) is 0 Å². The molecule has 3 rings (SSSR count). The van der Waals surface area contributed by atoms with Gasteiger partial charge in [-0.15, -0.1) is 0 Å². The molecule has 2 fully saturated rings. The number of anilines is 1. The van der Waals surface area contributed by atoms with Crippen LogP contribution in [0.15, 0.2) is 18.2 Å². The highest BCUT2D eigenvalue weighted by molar-refractivity contribution is 5.57. The fourth-order valence-electron chi connectivity index (χ4n) is 5.87. The number of nitrogens with zero attached hydrogens (tertiary/aromatic N) is 2. The van der Waals surface area contributed by atoms with Crippen molar-refractivity contribution in [1.82, 2.24) is 4.90 Å². The Kier molecular flexibility index (Phi) is 5.72. The third-order valence-electron chi connectivity index (χ3n) is 6.43. The molecule has 1 heterocycles. The van der Waals surface area contributed by atoms with Crippen LogP contribution >= 0.6 is 0 Å². The SMILES string of the molecule is CCCN1CCN(c2cc(C)ccc2C2CC(C)(C)CC(C)(C)C2)CC1. The molecule has 26 heavy (non-hydrogen) atoms. The summed E-state index contributed by atoms with van der Waals surface area (Å²) in [6.45, 7) is 20.4. The average Bonchev–Trinajstić information content (AvgIpc) is 2.53. The Morgan fingerprint density at radius 2 is 1.58 bits per heavy atom. The maximum atomic E-state index is 2.67. The second kappa shape index (κ2) is 7.54. The van der Waals surface area contributed by atoms with E-state index in [1.807, 2.05) is 0 Å². The zero-order valence-electron chi connectivity index (χ0n) is 18.1. The van der Waals surface area contributed by atoms with Crippen LogP contribution in [-0.4, -0.2) is 37.6 Å². The lowest BCUT2D eigenvalue weighted by Crippen LogP contribution is -2.47. The van der Waals surface area contributed by atoms with E-state index in [1.165, 1.54) is 69.7 Å². The summed E-state index contributed by atoms with van der Waals surface area (Å²) in [5.41, 5.74) is 5.41. The first-order valence-electron chi connectivity index (χ1n) is 10.8. The van der Waals surface area contributed by atoms with Crippen molar-refractivity contribution < 1.29 is 0 Å². The summed E-state index contributed by atoms with van der Waals surface area (Å²) in [6.07, 6.45) is 5.25. The Bertz CT molecular complexity index is 593. The molecule has 2 aliphatic rings. The largest absolute Gasteiger partial charge is 0.369 e. The van der Waals surface area contributed by atoms with Gasteiger partial charge in [0.1, 0.15) is 0 Å². The second-order valence-corrected chi connectivity index (χ2v) is 10.5. The minimum atomic E-state index is 0.439. The van der Waals surface area contributed by atoms with Crippen LogP contribution in [0.2, 0.25) is 0 Å². The predicted molar refractivity (Wildman–Crippen MR) is 114 cm³/mol. The van der Waals surface area contributed by atoms with E-state index in [-0.39, 0.29) is 0 Å². The zero-order chi connectivity index (χ0) is 18.9. The minimum Gasteiger partial charge on any atom is -0.369 e. The maximum Gasteiger partial charge on any atom is 0.0405 e. The zero-order valence-corrected chi connectivity index (χ0v) is 18.1. The molecule has 2 heteroatoms. The van der Waals surface area contributed by atoms with Crippen molar-refractivity contribution in [3.63, 3.8) is 0 Å². The van der Waals surface area contributed by atoms with Crippen molar-refractivity contribution >= 4 is 5.69 Å². The number of benzene rings is 1. The van der Waals surface area contributed by atoms with Gasteiger partial charge in [-0.2, -0.15) is 0 Å². The lowest BCUT2D eigenvalue weighted by Gasteiger charge is -2.46. The smallest absolute Gasteiger partial charge is 0.0405 e. The highest BCUT2D eigenvalue weighted by Crippen LogP contribution is 2.53. The van der Waals surface area contributed by atoms with E-state index in [0.29, 0.717) is 16.7 Å². The van der Waals surface area contributed by atoms with Crippen molar-refractivity contribution in [2.24, 2.45) is 10.8 Å².